The number of H-pyrrole nitrogens is 1. The van der Waals surface area contributed by atoms with Crippen molar-refractivity contribution in [3.63, 3.8) is 0 Å². The molecule has 0 atom stereocenters. The minimum atomic E-state index is -1.08. The van der Waals surface area contributed by atoms with E-state index in [4.69, 9.17) is 9.84 Å². The lowest BCUT2D eigenvalue weighted by Gasteiger charge is -2.26. The summed E-state index contributed by atoms with van der Waals surface area (Å²) in [4.78, 5) is 24.1. The van der Waals surface area contributed by atoms with E-state index in [1.165, 1.54) is 7.11 Å². The molecule has 17 heavy (non-hydrogen) atoms. The van der Waals surface area contributed by atoms with Crippen molar-refractivity contribution in [1.82, 2.24) is 15.1 Å². The van der Waals surface area contributed by atoms with Crippen LogP contribution in [0.25, 0.3) is 0 Å². The molecule has 0 aromatic carbocycles. The first kappa shape index (κ1) is 11.6. The van der Waals surface area contributed by atoms with Crippen LogP contribution in [-0.2, 0) is 22.5 Å². The highest BCUT2D eigenvalue weighted by Crippen LogP contribution is 2.20. The van der Waals surface area contributed by atoms with Crippen molar-refractivity contribution in [3.8, 4) is 0 Å². The van der Waals surface area contributed by atoms with Crippen LogP contribution in [0.5, 0.6) is 0 Å². The van der Waals surface area contributed by atoms with Crippen molar-refractivity contribution >= 4 is 11.9 Å². The van der Waals surface area contributed by atoms with Crippen LogP contribution < -0.4 is 0 Å². The number of carboxylic acid groups (broad SMARTS) is 1. The molecule has 2 heterocycles. The van der Waals surface area contributed by atoms with E-state index in [0.717, 1.165) is 5.69 Å². The van der Waals surface area contributed by atoms with Crippen LogP contribution in [-0.4, -0.2) is 52.3 Å². The summed E-state index contributed by atoms with van der Waals surface area (Å²) in [6.45, 7) is 0.835. The molecule has 0 bridgehead atoms. The molecule has 2 rings (SSSR count). The van der Waals surface area contributed by atoms with E-state index in [2.05, 4.69) is 10.2 Å². The van der Waals surface area contributed by atoms with Crippen molar-refractivity contribution in [1.29, 1.82) is 0 Å². The van der Waals surface area contributed by atoms with Gasteiger partial charge in [0.05, 0.1) is 0 Å². The fraction of sp³-hybridized carbons (Fsp3) is 0.500. The second-order valence-corrected chi connectivity index (χ2v) is 3.83. The number of ether oxygens (including phenoxy) is 1. The maximum absolute atomic E-state index is 11.6. The number of carbonyl (C=O) groups is 2. The Morgan fingerprint density at radius 1 is 1.59 bits per heavy atom. The summed E-state index contributed by atoms with van der Waals surface area (Å²) in [7, 11) is 1.45. The van der Waals surface area contributed by atoms with Gasteiger partial charge < -0.3 is 14.7 Å². The van der Waals surface area contributed by atoms with Gasteiger partial charge in [0.2, 0.25) is 5.91 Å². The van der Waals surface area contributed by atoms with E-state index in [9.17, 15) is 9.59 Å². The van der Waals surface area contributed by atoms with Crippen LogP contribution in [0.3, 0.4) is 0 Å². The lowest BCUT2D eigenvalue weighted by Crippen LogP contribution is -2.38. The molecule has 1 aromatic rings. The molecule has 1 aliphatic rings. The Morgan fingerprint density at radius 3 is 3.00 bits per heavy atom. The van der Waals surface area contributed by atoms with Crippen molar-refractivity contribution in [2.24, 2.45) is 0 Å². The number of carbonyl (C=O) groups excluding carboxylic acids is 1. The van der Waals surface area contributed by atoms with Gasteiger partial charge in [0, 0.05) is 37.9 Å². The minimum absolute atomic E-state index is 0.00471. The summed E-state index contributed by atoms with van der Waals surface area (Å²) in [5.41, 5.74) is 1.38. The smallest absolute Gasteiger partial charge is 0.356 e. The quantitative estimate of drug-likeness (QED) is 0.751. The number of methoxy groups -OCH3 is 1. The van der Waals surface area contributed by atoms with Gasteiger partial charge in [-0.15, -0.1) is 0 Å². The number of hydrogen-bond donors (Lipinski definition) is 2. The highest BCUT2D eigenvalue weighted by atomic mass is 16.5. The normalized spacial score (nSPS) is 14.5. The first-order valence-corrected chi connectivity index (χ1v) is 5.19. The summed E-state index contributed by atoms with van der Waals surface area (Å²) >= 11 is 0. The maximum atomic E-state index is 11.6. The predicted octanol–water partition coefficient (Wildman–Crippen LogP) is -0.361. The Labute approximate surface area is 97.4 Å². The van der Waals surface area contributed by atoms with E-state index < -0.39 is 5.97 Å². The van der Waals surface area contributed by atoms with Gasteiger partial charge in [-0.1, -0.05) is 0 Å². The lowest BCUT2D eigenvalue weighted by atomic mass is 10.1. The molecule has 0 unspecified atom stereocenters. The van der Waals surface area contributed by atoms with Crippen LogP contribution in [0.2, 0.25) is 0 Å². The zero-order valence-corrected chi connectivity index (χ0v) is 9.39. The molecule has 0 saturated heterocycles. The van der Waals surface area contributed by atoms with Crippen molar-refractivity contribution in [3.05, 3.63) is 17.0 Å². The van der Waals surface area contributed by atoms with Crippen LogP contribution >= 0.6 is 0 Å². The topological polar surface area (TPSA) is 95.5 Å². The Bertz CT molecular complexity index is 454. The fourth-order valence-electron chi connectivity index (χ4n) is 1.90. The number of aromatic nitrogens is 2. The number of rotatable bonds is 3. The van der Waals surface area contributed by atoms with E-state index in [-0.39, 0.29) is 24.8 Å². The largest absolute Gasteiger partial charge is 0.476 e. The molecular weight excluding hydrogens is 226 g/mol. The monoisotopic (exact) mass is 239 g/mol. The van der Waals surface area contributed by atoms with E-state index in [0.29, 0.717) is 18.5 Å². The fourth-order valence-corrected chi connectivity index (χ4v) is 1.90. The molecule has 1 aliphatic heterocycles. The molecule has 0 radical (unpaired) electrons. The SMILES string of the molecule is COCC(=O)N1CCc2[nH]nc(C(=O)O)c2C1. The number of nitrogens with one attached hydrogen (secondary N) is 1. The lowest BCUT2D eigenvalue weighted by molar-refractivity contribution is -0.136. The molecule has 1 amide bonds. The van der Waals surface area contributed by atoms with Crippen molar-refractivity contribution in [2.75, 3.05) is 20.3 Å². The van der Waals surface area contributed by atoms with Gasteiger partial charge in [-0.05, 0) is 0 Å². The average molecular weight is 239 g/mol. The minimum Gasteiger partial charge on any atom is -0.476 e. The van der Waals surface area contributed by atoms with Crippen molar-refractivity contribution < 1.29 is 19.4 Å². The van der Waals surface area contributed by atoms with E-state index in [1.54, 1.807) is 4.90 Å². The summed E-state index contributed by atoms with van der Waals surface area (Å²) in [6.07, 6.45) is 0.588. The summed E-state index contributed by atoms with van der Waals surface area (Å²) in [5.74, 6) is -1.22. The third kappa shape index (κ3) is 2.14. The Balaban J connectivity index is 2.19. The van der Waals surface area contributed by atoms with Crippen LogP contribution in [0, 0.1) is 0 Å². The Morgan fingerprint density at radius 2 is 2.35 bits per heavy atom. The molecule has 7 nitrogen and oxygen atoms in total. The number of carboxylic acids is 1. The first-order chi connectivity index (χ1) is 8.13. The molecule has 0 saturated carbocycles. The predicted molar refractivity (Wildman–Crippen MR) is 56.5 cm³/mol. The second kappa shape index (κ2) is 4.54. The molecular formula is C10H13N3O4. The molecule has 0 spiro atoms. The Kier molecular flexibility index (Phi) is 3.10. The van der Waals surface area contributed by atoms with E-state index >= 15 is 0 Å². The van der Waals surface area contributed by atoms with Gasteiger partial charge in [-0.3, -0.25) is 9.89 Å². The molecule has 0 fully saturated rings. The van der Waals surface area contributed by atoms with Crippen LogP contribution in [0.4, 0.5) is 0 Å². The first-order valence-electron chi connectivity index (χ1n) is 5.19. The van der Waals surface area contributed by atoms with Gasteiger partial charge in [0.25, 0.3) is 0 Å². The number of hydrogen-bond acceptors (Lipinski definition) is 4. The summed E-state index contributed by atoms with van der Waals surface area (Å²) < 4.78 is 4.77. The van der Waals surface area contributed by atoms with Gasteiger partial charge in [0.15, 0.2) is 5.69 Å². The molecule has 2 N–H and O–H groups in total. The number of aromatic carboxylic acids is 1. The van der Waals surface area contributed by atoms with Gasteiger partial charge in [-0.2, -0.15) is 5.10 Å². The number of nitrogens with zero attached hydrogens (tertiary/aromatic N) is 2. The summed E-state index contributed by atoms with van der Waals surface area (Å²) in [5, 5.41) is 15.4. The molecule has 92 valence electrons. The molecule has 0 aliphatic carbocycles. The zero-order chi connectivity index (χ0) is 12.4. The average Bonchev–Trinajstić information content (AvgIpc) is 2.71. The molecule has 7 heteroatoms. The second-order valence-electron chi connectivity index (χ2n) is 3.83. The number of amides is 1. The van der Waals surface area contributed by atoms with Gasteiger partial charge in [-0.25, -0.2) is 4.79 Å². The Hall–Kier alpha value is -1.89. The highest BCUT2D eigenvalue weighted by Gasteiger charge is 2.27. The third-order valence-corrected chi connectivity index (χ3v) is 2.76. The van der Waals surface area contributed by atoms with Gasteiger partial charge in [0.1, 0.15) is 6.61 Å². The number of aromatic amines is 1. The highest BCUT2D eigenvalue weighted by molar-refractivity contribution is 5.88. The van der Waals surface area contributed by atoms with E-state index in [1.807, 2.05) is 0 Å². The summed E-state index contributed by atoms with van der Waals surface area (Å²) in [6, 6.07) is 0. The zero-order valence-electron chi connectivity index (χ0n) is 9.39. The molecule has 1 aromatic heterocycles. The van der Waals surface area contributed by atoms with Crippen LogP contribution in [0.15, 0.2) is 0 Å². The van der Waals surface area contributed by atoms with Crippen molar-refractivity contribution in [2.45, 2.75) is 13.0 Å². The standard InChI is InChI=1S/C10H13N3O4/c1-17-5-8(14)13-3-2-7-6(4-13)9(10(15)16)12-11-7/h2-5H2,1H3,(H,11,12)(H,15,16). The maximum Gasteiger partial charge on any atom is 0.356 e. The third-order valence-electron chi connectivity index (χ3n) is 2.76. The van der Waals surface area contributed by atoms with Gasteiger partial charge >= 0.3 is 5.97 Å². The number of fused-ring (bicyclic) bond motifs is 1. The van der Waals surface area contributed by atoms with Crippen LogP contribution in [0.1, 0.15) is 21.7 Å².